The zero-order valence-electron chi connectivity index (χ0n) is 15.3. The standard InChI is InChI=1S/C19H26INO4/c1-14(17(22)24-5)21(18(23)25-19(2,3)4)13-7-6-8-15-9-11-16(20)12-10-15/h9-12H,1,6-8,13H2,2-5H3. The number of rotatable bonds is 7. The Hall–Kier alpha value is -1.57. The van der Waals surface area contributed by atoms with Gasteiger partial charge in [-0.2, -0.15) is 0 Å². The van der Waals surface area contributed by atoms with Gasteiger partial charge in [0, 0.05) is 10.1 Å². The highest BCUT2D eigenvalue weighted by Gasteiger charge is 2.27. The number of esters is 1. The summed E-state index contributed by atoms with van der Waals surface area (Å²) in [6, 6.07) is 8.34. The van der Waals surface area contributed by atoms with Crippen LogP contribution in [0.15, 0.2) is 36.5 Å². The number of aryl methyl sites for hydroxylation is 1. The maximum absolute atomic E-state index is 12.4. The fraction of sp³-hybridized carbons (Fsp3) is 0.474. The summed E-state index contributed by atoms with van der Waals surface area (Å²) in [4.78, 5) is 25.3. The molecule has 0 spiro atoms. The Balaban J connectivity index is 2.63. The van der Waals surface area contributed by atoms with Crippen molar-refractivity contribution in [1.29, 1.82) is 0 Å². The minimum atomic E-state index is -0.646. The van der Waals surface area contributed by atoms with Crippen LogP contribution in [0.2, 0.25) is 0 Å². The first-order valence-corrected chi connectivity index (χ1v) is 9.24. The number of unbranched alkanes of at least 4 members (excludes halogenated alkanes) is 1. The van der Waals surface area contributed by atoms with Crippen LogP contribution in [0.5, 0.6) is 0 Å². The van der Waals surface area contributed by atoms with Gasteiger partial charge in [0.1, 0.15) is 11.3 Å². The molecule has 0 heterocycles. The molecule has 1 rings (SSSR count). The second-order valence-electron chi connectivity index (χ2n) is 6.65. The molecule has 25 heavy (non-hydrogen) atoms. The molecule has 0 atom stereocenters. The molecule has 0 aliphatic rings. The molecule has 0 unspecified atom stereocenters. The second kappa shape index (κ2) is 9.79. The Morgan fingerprint density at radius 1 is 1.16 bits per heavy atom. The fourth-order valence-electron chi connectivity index (χ4n) is 2.13. The number of benzene rings is 1. The van der Waals surface area contributed by atoms with Crippen molar-refractivity contribution >= 4 is 34.7 Å². The fourth-order valence-corrected chi connectivity index (χ4v) is 2.49. The summed E-state index contributed by atoms with van der Waals surface area (Å²) < 4.78 is 11.2. The Kier molecular flexibility index (Phi) is 8.41. The van der Waals surface area contributed by atoms with Crippen LogP contribution in [-0.2, 0) is 20.7 Å². The van der Waals surface area contributed by atoms with Crippen LogP contribution in [0.1, 0.15) is 39.2 Å². The topological polar surface area (TPSA) is 55.8 Å². The van der Waals surface area contributed by atoms with E-state index < -0.39 is 17.7 Å². The molecule has 0 N–H and O–H groups in total. The minimum absolute atomic E-state index is 0.00832. The molecule has 5 nitrogen and oxygen atoms in total. The Labute approximate surface area is 163 Å². The summed E-state index contributed by atoms with van der Waals surface area (Å²) in [6.07, 6.45) is 1.93. The molecule has 0 aromatic heterocycles. The largest absolute Gasteiger partial charge is 0.464 e. The van der Waals surface area contributed by atoms with Crippen LogP contribution in [0.25, 0.3) is 0 Å². The van der Waals surface area contributed by atoms with Crippen molar-refractivity contribution in [2.75, 3.05) is 13.7 Å². The molecule has 1 aromatic carbocycles. The van der Waals surface area contributed by atoms with Gasteiger partial charge in [0.2, 0.25) is 0 Å². The zero-order chi connectivity index (χ0) is 19.0. The van der Waals surface area contributed by atoms with E-state index in [2.05, 4.69) is 58.2 Å². The number of methoxy groups -OCH3 is 1. The van der Waals surface area contributed by atoms with Crippen molar-refractivity contribution in [3.63, 3.8) is 0 Å². The van der Waals surface area contributed by atoms with Gasteiger partial charge < -0.3 is 9.47 Å². The first-order chi connectivity index (χ1) is 11.6. The number of carbonyl (C=O) groups is 2. The Morgan fingerprint density at radius 3 is 2.28 bits per heavy atom. The van der Waals surface area contributed by atoms with Crippen LogP contribution >= 0.6 is 22.6 Å². The lowest BCUT2D eigenvalue weighted by atomic mass is 10.1. The van der Waals surface area contributed by atoms with E-state index in [0.29, 0.717) is 6.54 Å². The molecule has 138 valence electrons. The number of nitrogens with zero attached hydrogens (tertiary/aromatic N) is 1. The number of hydrogen-bond donors (Lipinski definition) is 0. The molecule has 0 bridgehead atoms. The zero-order valence-corrected chi connectivity index (χ0v) is 17.5. The smallest absolute Gasteiger partial charge is 0.415 e. The lowest BCUT2D eigenvalue weighted by Crippen LogP contribution is -2.39. The van der Waals surface area contributed by atoms with Gasteiger partial charge in [-0.05, 0) is 80.3 Å². The van der Waals surface area contributed by atoms with Crippen LogP contribution in [0, 0.1) is 3.57 Å². The highest BCUT2D eigenvalue weighted by atomic mass is 127. The highest BCUT2D eigenvalue weighted by Crippen LogP contribution is 2.16. The van der Waals surface area contributed by atoms with Crippen LogP contribution in [0.3, 0.4) is 0 Å². The van der Waals surface area contributed by atoms with Gasteiger partial charge in [-0.1, -0.05) is 18.7 Å². The van der Waals surface area contributed by atoms with Gasteiger partial charge in [0.05, 0.1) is 7.11 Å². The lowest BCUT2D eigenvalue weighted by molar-refractivity contribution is -0.137. The first kappa shape index (κ1) is 21.5. The molecule has 1 amide bonds. The number of ether oxygens (including phenoxy) is 2. The van der Waals surface area contributed by atoms with Crippen molar-refractivity contribution in [2.24, 2.45) is 0 Å². The molecule has 0 aliphatic carbocycles. The van der Waals surface area contributed by atoms with E-state index in [1.54, 1.807) is 20.8 Å². The van der Waals surface area contributed by atoms with E-state index in [9.17, 15) is 9.59 Å². The molecular weight excluding hydrogens is 433 g/mol. The molecular formula is C19H26INO4. The van der Waals surface area contributed by atoms with Crippen LogP contribution in [-0.4, -0.2) is 36.2 Å². The molecule has 1 aromatic rings. The molecule has 0 fully saturated rings. The van der Waals surface area contributed by atoms with Crippen molar-refractivity contribution in [3.8, 4) is 0 Å². The average molecular weight is 459 g/mol. The van der Waals surface area contributed by atoms with Crippen molar-refractivity contribution in [2.45, 2.75) is 45.6 Å². The molecule has 0 saturated heterocycles. The molecule has 6 heteroatoms. The molecule has 0 radical (unpaired) electrons. The Bertz CT molecular complexity index is 605. The minimum Gasteiger partial charge on any atom is -0.464 e. The van der Waals surface area contributed by atoms with Crippen molar-refractivity contribution in [3.05, 3.63) is 45.7 Å². The third-order valence-corrected chi connectivity index (χ3v) is 4.09. The Morgan fingerprint density at radius 2 is 1.76 bits per heavy atom. The summed E-state index contributed by atoms with van der Waals surface area (Å²) in [7, 11) is 1.26. The summed E-state index contributed by atoms with van der Waals surface area (Å²) in [6.45, 7) is 9.36. The van der Waals surface area contributed by atoms with E-state index in [4.69, 9.17) is 4.74 Å². The van der Waals surface area contributed by atoms with E-state index in [0.717, 1.165) is 19.3 Å². The maximum atomic E-state index is 12.4. The van der Waals surface area contributed by atoms with Gasteiger partial charge in [-0.15, -0.1) is 0 Å². The number of halogens is 1. The van der Waals surface area contributed by atoms with E-state index in [1.807, 2.05) is 0 Å². The van der Waals surface area contributed by atoms with Crippen LogP contribution in [0.4, 0.5) is 4.79 Å². The van der Waals surface area contributed by atoms with Crippen molar-refractivity contribution in [1.82, 2.24) is 4.90 Å². The number of carbonyl (C=O) groups excluding carboxylic acids is 2. The number of amides is 1. The SMILES string of the molecule is C=C(C(=O)OC)N(CCCCc1ccc(I)cc1)C(=O)OC(C)(C)C. The predicted octanol–water partition coefficient (Wildman–Crippen LogP) is 4.54. The van der Waals surface area contributed by atoms with Crippen molar-refractivity contribution < 1.29 is 19.1 Å². The third-order valence-electron chi connectivity index (χ3n) is 3.37. The monoisotopic (exact) mass is 459 g/mol. The summed E-state index contributed by atoms with van der Waals surface area (Å²) in [5, 5.41) is 0. The first-order valence-electron chi connectivity index (χ1n) is 8.16. The molecule has 0 aliphatic heterocycles. The van der Waals surface area contributed by atoms with Gasteiger partial charge in [-0.25, -0.2) is 9.59 Å². The molecule has 0 saturated carbocycles. The predicted molar refractivity (Wildman–Crippen MR) is 106 cm³/mol. The van der Waals surface area contributed by atoms with E-state index in [-0.39, 0.29) is 5.70 Å². The number of hydrogen-bond acceptors (Lipinski definition) is 4. The van der Waals surface area contributed by atoms with Crippen LogP contribution < -0.4 is 0 Å². The van der Waals surface area contributed by atoms with Gasteiger partial charge >= 0.3 is 12.1 Å². The average Bonchev–Trinajstić information content (AvgIpc) is 2.53. The summed E-state index contributed by atoms with van der Waals surface area (Å²) in [5.74, 6) is -0.636. The normalized spacial score (nSPS) is 10.9. The second-order valence-corrected chi connectivity index (χ2v) is 7.90. The quantitative estimate of drug-likeness (QED) is 0.260. The summed E-state index contributed by atoms with van der Waals surface area (Å²) >= 11 is 2.27. The van der Waals surface area contributed by atoms with Gasteiger partial charge in [0.15, 0.2) is 0 Å². The van der Waals surface area contributed by atoms with Gasteiger partial charge in [-0.3, -0.25) is 4.90 Å². The maximum Gasteiger partial charge on any atom is 0.415 e. The lowest BCUT2D eigenvalue weighted by Gasteiger charge is -2.27. The van der Waals surface area contributed by atoms with E-state index >= 15 is 0 Å². The van der Waals surface area contributed by atoms with Gasteiger partial charge in [0.25, 0.3) is 0 Å². The third kappa shape index (κ3) is 7.90. The highest BCUT2D eigenvalue weighted by molar-refractivity contribution is 14.1. The summed E-state index contributed by atoms with van der Waals surface area (Å²) in [5.41, 5.74) is 0.592. The van der Waals surface area contributed by atoms with E-state index in [1.165, 1.54) is 21.1 Å².